The maximum absolute atomic E-state index is 8.33. The number of nitrogens with zero attached hydrogens (tertiary/aromatic N) is 1. The van der Waals surface area contributed by atoms with E-state index in [9.17, 15) is 0 Å². The van der Waals surface area contributed by atoms with E-state index in [1.807, 2.05) is 6.07 Å². The van der Waals surface area contributed by atoms with E-state index in [0.29, 0.717) is 19.6 Å². The second-order valence-electron chi connectivity index (χ2n) is 3.89. The molecule has 0 unspecified atom stereocenters. The number of rotatable bonds is 7. The first-order valence-corrected chi connectivity index (χ1v) is 8.09. The zero-order valence-corrected chi connectivity index (χ0v) is 11.2. The Morgan fingerprint density at radius 2 is 2.12 bits per heavy atom. The van der Waals surface area contributed by atoms with Gasteiger partial charge in [-0.2, -0.15) is 5.26 Å². The molecule has 0 atom stereocenters. The van der Waals surface area contributed by atoms with E-state index < -0.39 is 8.80 Å². The van der Waals surface area contributed by atoms with Crippen molar-refractivity contribution in [3.8, 4) is 6.07 Å². The summed E-state index contributed by atoms with van der Waals surface area (Å²) < 4.78 is 5.28. The van der Waals surface area contributed by atoms with Crippen LogP contribution in [0.4, 0.5) is 0 Å². The van der Waals surface area contributed by atoms with Gasteiger partial charge in [0.05, 0.1) is 34.5 Å². The van der Waals surface area contributed by atoms with Crippen LogP contribution in [-0.2, 0) is 10.8 Å². The van der Waals surface area contributed by atoms with E-state index in [-0.39, 0.29) is 0 Å². The first-order chi connectivity index (χ1) is 8.33. The standard InChI is InChI=1S/C14H18NOSi/c1-17(12-6-11-16-10-5-9-15)13-14-7-3-2-4-8-14/h2-4,6-8,12H,5,10-11,13H2,1H3. The van der Waals surface area contributed by atoms with Crippen molar-refractivity contribution in [2.75, 3.05) is 13.2 Å². The van der Waals surface area contributed by atoms with Gasteiger partial charge in [0.1, 0.15) is 0 Å². The van der Waals surface area contributed by atoms with Gasteiger partial charge >= 0.3 is 0 Å². The van der Waals surface area contributed by atoms with Crippen LogP contribution in [0.2, 0.25) is 6.55 Å². The molecule has 2 nitrogen and oxygen atoms in total. The first kappa shape index (κ1) is 13.7. The lowest BCUT2D eigenvalue weighted by atomic mass is 10.2. The molecule has 1 aromatic rings. The summed E-state index contributed by atoms with van der Waals surface area (Å²) in [5, 5.41) is 8.33. The lowest BCUT2D eigenvalue weighted by molar-refractivity contribution is 0.168. The average molecular weight is 244 g/mol. The lowest BCUT2D eigenvalue weighted by Gasteiger charge is -2.04. The van der Waals surface area contributed by atoms with E-state index in [1.54, 1.807) is 0 Å². The smallest absolute Gasteiger partial charge is 0.0767 e. The Morgan fingerprint density at radius 1 is 1.35 bits per heavy atom. The molecule has 0 aliphatic carbocycles. The third-order valence-corrected chi connectivity index (χ3v) is 4.07. The zero-order chi connectivity index (χ0) is 12.3. The molecule has 0 aliphatic rings. The summed E-state index contributed by atoms with van der Waals surface area (Å²) in [6.07, 6.45) is 2.55. The molecule has 1 aromatic carbocycles. The van der Waals surface area contributed by atoms with E-state index in [4.69, 9.17) is 10.00 Å². The van der Waals surface area contributed by atoms with Gasteiger partial charge in [0.2, 0.25) is 0 Å². The molecular formula is C14H18NOSi. The largest absolute Gasteiger partial charge is 0.376 e. The molecule has 17 heavy (non-hydrogen) atoms. The highest BCUT2D eigenvalue weighted by molar-refractivity contribution is 6.62. The molecule has 0 spiro atoms. The molecule has 3 heteroatoms. The fourth-order valence-corrected chi connectivity index (χ4v) is 2.99. The Kier molecular flexibility index (Phi) is 7.04. The third-order valence-electron chi connectivity index (χ3n) is 2.30. The summed E-state index contributed by atoms with van der Waals surface area (Å²) >= 11 is 0. The minimum absolute atomic E-state index is 0.460. The highest BCUT2D eigenvalue weighted by atomic mass is 28.3. The molecule has 0 N–H and O–H groups in total. The van der Waals surface area contributed by atoms with Crippen LogP contribution in [0.3, 0.4) is 0 Å². The van der Waals surface area contributed by atoms with E-state index >= 15 is 0 Å². The molecule has 1 rings (SSSR count). The van der Waals surface area contributed by atoms with Crippen LogP contribution >= 0.6 is 0 Å². The van der Waals surface area contributed by atoms with Crippen molar-refractivity contribution in [2.45, 2.75) is 19.0 Å². The summed E-state index contributed by atoms with van der Waals surface area (Å²) in [4.78, 5) is 0. The van der Waals surface area contributed by atoms with Gasteiger partial charge in [-0.25, -0.2) is 0 Å². The third kappa shape index (κ3) is 6.72. The van der Waals surface area contributed by atoms with Gasteiger partial charge in [0, 0.05) is 0 Å². The molecule has 89 valence electrons. The summed E-state index contributed by atoms with van der Waals surface area (Å²) in [7, 11) is -0.460. The molecule has 0 amide bonds. The number of nitriles is 1. The number of benzene rings is 1. The highest BCUT2D eigenvalue weighted by Crippen LogP contribution is 2.03. The summed E-state index contributed by atoms with van der Waals surface area (Å²) in [5.74, 6) is 0. The fraction of sp³-hybridized carbons (Fsp3) is 0.357. The minimum atomic E-state index is -0.460. The van der Waals surface area contributed by atoms with Crippen LogP contribution in [0.25, 0.3) is 0 Å². The van der Waals surface area contributed by atoms with Crippen molar-refractivity contribution in [1.82, 2.24) is 0 Å². The normalized spacial score (nSPS) is 10.9. The number of hydrogen-bond acceptors (Lipinski definition) is 2. The molecule has 0 saturated heterocycles. The maximum atomic E-state index is 8.33. The Morgan fingerprint density at radius 3 is 2.82 bits per heavy atom. The molecule has 0 aromatic heterocycles. The monoisotopic (exact) mass is 244 g/mol. The van der Waals surface area contributed by atoms with Crippen molar-refractivity contribution in [2.24, 2.45) is 0 Å². The SMILES string of the molecule is C[Si](C=CCOCCC#N)Cc1ccccc1. The Hall–Kier alpha value is -1.37. The van der Waals surface area contributed by atoms with Crippen LogP contribution in [0.5, 0.6) is 0 Å². The second kappa shape index (κ2) is 8.74. The van der Waals surface area contributed by atoms with E-state index in [1.165, 1.54) is 5.56 Å². The zero-order valence-electron chi connectivity index (χ0n) is 10.2. The molecule has 0 heterocycles. The summed E-state index contributed by atoms with van der Waals surface area (Å²) in [5.41, 5.74) is 3.67. The predicted octanol–water partition coefficient (Wildman–Crippen LogP) is 2.92. The topological polar surface area (TPSA) is 33.0 Å². The summed E-state index contributed by atoms with van der Waals surface area (Å²) in [6.45, 7) is 3.45. The fourth-order valence-electron chi connectivity index (χ4n) is 1.50. The van der Waals surface area contributed by atoms with Crippen LogP contribution < -0.4 is 0 Å². The van der Waals surface area contributed by atoms with Gasteiger partial charge in [0.15, 0.2) is 0 Å². The van der Waals surface area contributed by atoms with E-state index in [0.717, 1.165) is 6.04 Å². The van der Waals surface area contributed by atoms with Crippen LogP contribution in [0, 0.1) is 11.3 Å². The molecule has 0 aliphatic heterocycles. The van der Waals surface area contributed by atoms with Gasteiger partial charge in [-0.15, -0.1) is 0 Å². The minimum Gasteiger partial charge on any atom is -0.376 e. The van der Waals surface area contributed by atoms with Crippen LogP contribution in [0.15, 0.2) is 42.1 Å². The lowest BCUT2D eigenvalue weighted by Crippen LogP contribution is -2.08. The van der Waals surface area contributed by atoms with Crippen molar-refractivity contribution >= 4 is 8.80 Å². The van der Waals surface area contributed by atoms with Gasteiger partial charge in [-0.05, 0) is 6.04 Å². The van der Waals surface area contributed by atoms with Gasteiger partial charge in [-0.3, -0.25) is 0 Å². The van der Waals surface area contributed by atoms with Crippen molar-refractivity contribution in [3.63, 3.8) is 0 Å². The maximum Gasteiger partial charge on any atom is 0.0767 e. The highest BCUT2D eigenvalue weighted by Gasteiger charge is 2.00. The molecule has 0 saturated carbocycles. The predicted molar refractivity (Wildman–Crippen MR) is 72.0 cm³/mol. The molecule has 1 radical (unpaired) electrons. The Balaban J connectivity index is 2.19. The Bertz CT molecular complexity index is 370. The quantitative estimate of drug-likeness (QED) is 0.546. The average Bonchev–Trinajstić information content (AvgIpc) is 2.35. The van der Waals surface area contributed by atoms with Crippen molar-refractivity contribution < 1.29 is 4.74 Å². The van der Waals surface area contributed by atoms with Gasteiger partial charge < -0.3 is 4.74 Å². The second-order valence-corrected chi connectivity index (χ2v) is 6.27. The van der Waals surface area contributed by atoms with Crippen LogP contribution in [0.1, 0.15) is 12.0 Å². The first-order valence-electron chi connectivity index (χ1n) is 5.80. The molecule has 0 fully saturated rings. The van der Waals surface area contributed by atoms with Gasteiger partial charge in [0.25, 0.3) is 0 Å². The molecule has 0 bridgehead atoms. The number of hydrogen-bond donors (Lipinski definition) is 0. The van der Waals surface area contributed by atoms with E-state index in [2.05, 4.69) is 48.7 Å². The molecular weight excluding hydrogens is 226 g/mol. The van der Waals surface area contributed by atoms with Crippen molar-refractivity contribution in [3.05, 3.63) is 47.7 Å². The van der Waals surface area contributed by atoms with Crippen LogP contribution in [-0.4, -0.2) is 22.0 Å². The van der Waals surface area contributed by atoms with Crippen molar-refractivity contribution in [1.29, 1.82) is 5.26 Å². The van der Waals surface area contributed by atoms with Gasteiger partial charge in [-0.1, -0.05) is 54.2 Å². The number of ether oxygens (including phenoxy) is 1. The Labute approximate surface area is 105 Å². The summed E-state index contributed by atoms with van der Waals surface area (Å²) in [6, 6.07) is 13.8.